The summed E-state index contributed by atoms with van der Waals surface area (Å²) in [4.78, 5) is 19.8. The molecular formula is C9H11N3O5. The zero-order valence-corrected chi connectivity index (χ0v) is 8.94. The Morgan fingerprint density at radius 2 is 1.88 bits per heavy atom. The third-order valence-electron chi connectivity index (χ3n) is 2.42. The highest BCUT2D eigenvalue weighted by molar-refractivity contribution is 5.50. The van der Waals surface area contributed by atoms with Crippen LogP contribution in [0, 0.1) is 20.2 Å². The van der Waals surface area contributed by atoms with E-state index in [9.17, 15) is 25.3 Å². The van der Waals surface area contributed by atoms with E-state index in [4.69, 9.17) is 5.73 Å². The minimum absolute atomic E-state index is 0.163. The highest BCUT2D eigenvalue weighted by Crippen LogP contribution is 2.30. The van der Waals surface area contributed by atoms with E-state index in [0.717, 1.165) is 12.1 Å². The largest absolute Gasteiger partial charge is 0.378 e. The zero-order chi connectivity index (χ0) is 13.2. The molecule has 0 saturated heterocycles. The van der Waals surface area contributed by atoms with Gasteiger partial charge in [-0.1, -0.05) is 6.92 Å². The molecule has 2 unspecified atom stereocenters. The molecule has 0 fully saturated rings. The van der Waals surface area contributed by atoms with Crippen molar-refractivity contribution in [2.24, 2.45) is 5.73 Å². The zero-order valence-electron chi connectivity index (χ0n) is 8.94. The first-order valence-electron chi connectivity index (χ1n) is 4.71. The number of hydrogen-bond donors (Lipinski definition) is 2. The lowest BCUT2D eigenvalue weighted by atomic mass is 9.97. The van der Waals surface area contributed by atoms with Gasteiger partial charge in [-0.3, -0.25) is 20.2 Å². The fourth-order valence-corrected chi connectivity index (χ4v) is 1.37. The van der Waals surface area contributed by atoms with Gasteiger partial charge in [0.05, 0.1) is 15.9 Å². The molecule has 0 aliphatic heterocycles. The van der Waals surface area contributed by atoms with Crippen molar-refractivity contribution >= 4 is 11.4 Å². The van der Waals surface area contributed by atoms with Crippen LogP contribution in [0.1, 0.15) is 18.4 Å². The summed E-state index contributed by atoms with van der Waals surface area (Å²) in [5, 5.41) is 30.5. The minimum Gasteiger partial charge on any atom is -0.378 e. The van der Waals surface area contributed by atoms with Gasteiger partial charge >= 0.3 is 0 Å². The van der Waals surface area contributed by atoms with Crippen molar-refractivity contribution in [3.8, 4) is 0 Å². The van der Waals surface area contributed by atoms with Gasteiger partial charge in [-0.05, 0) is 6.07 Å². The van der Waals surface area contributed by atoms with Gasteiger partial charge in [-0.15, -0.1) is 0 Å². The number of nitro benzene ring substituents is 2. The molecule has 0 radical (unpaired) electrons. The van der Waals surface area contributed by atoms with Crippen molar-refractivity contribution in [1.82, 2.24) is 0 Å². The predicted octanol–water partition coefficient (Wildman–Crippen LogP) is 0.884. The summed E-state index contributed by atoms with van der Waals surface area (Å²) in [6, 6.07) is 3.23. The molecule has 2 atom stereocenters. The molecule has 17 heavy (non-hydrogen) atoms. The van der Waals surface area contributed by atoms with Crippen molar-refractivity contribution in [1.29, 1.82) is 0 Å². The van der Waals surface area contributed by atoms with E-state index in [0.29, 0.717) is 0 Å². The number of nitro groups is 2. The lowest BCUT2D eigenvalue weighted by Gasteiger charge is -2.14. The van der Waals surface area contributed by atoms with Crippen LogP contribution in [0.5, 0.6) is 0 Å². The first-order valence-corrected chi connectivity index (χ1v) is 4.71. The van der Waals surface area contributed by atoms with Crippen molar-refractivity contribution in [2.75, 3.05) is 0 Å². The monoisotopic (exact) mass is 241 g/mol. The van der Waals surface area contributed by atoms with Crippen LogP contribution >= 0.6 is 0 Å². The van der Waals surface area contributed by atoms with Gasteiger partial charge in [0, 0.05) is 17.5 Å². The van der Waals surface area contributed by atoms with E-state index in [-0.39, 0.29) is 11.3 Å². The summed E-state index contributed by atoms with van der Waals surface area (Å²) in [7, 11) is 0. The molecule has 0 bridgehead atoms. The molecule has 92 valence electrons. The predicted molar refractivity (Wildman–Crippen MR) is 58.4 cm³/mol. The molecule has 8 heteroatoms. The Labute approximate surface area is 96.0 Å². The van der Waals surface area contributed by atoms with Crippen molar-refractivity contribution < 1.29 is 15.0 Å². The lowest BCUT2D eigenvalue weighted by Crippen LogP contribution is -2.26. The standard InChI is InChI=1S/C9H11N3O5/c1-5(9(10)13)7-3-2-6(11(14)15)4-8(7)12(16)17/h2-5,9,13H,10H2,1H3. The number of aliphatic hydroxyl groups is 1. The molecule has 1 rings (SSSR count). The molecule has 0 spiro atoms. The third-order valence-corrected chi connectivity index (χ3v) is 2.42. The van der Waals surface area contributed by atoms with E-state index < -0.39 is 27.7 Å². The first-order chi connectivity index (χ1) is 7.84. The number of nitrogens with zero attached hydrogens (tertiary/aromatic N) is 2. The second kappa shape index (κ2) is 4.85. The Hall–Kier alpha value is -2.06. The van der Waals surface area contributed by atoms with Gasteiger partial charge in [-0.25, -0.2) is 0 Å². The highest BCUT2D eigenvalue weighted by Gasteiger charge is 2.25. The van der Waals surface area contributed by atoms with Gasteiger partial charge < -0.3 is 10.8 Å². The number of rotatable bonds is 4. The van der Waals surface area contributed by atoms with E-state index in [1.807, 2.05) is 0 Å². The summed E-state index contributed by atoms with van der Waals surface area (Å²) in [6.45, 7) is 1.50. The van der Waals surface area contributed by atoms with Crippen LogP contribution in [-0.2, 0) is 0 Å². The average Bonchev–Trinajstić information content (AvgIpc) is 2.26. The van der Waals surface area contributed by atoms with Crippen LogP contribution in [0.3, 0.4) is 0 Å². The summed E-state index contributed by atoms with van der Waals surface area (Å²) < 4.78 is 0. The smallest absolute Gasteiger partial charge is 0.279 e. The molecule has 0 aliphatic rings. The molecule has 0 heterocycles. The van der Waals surface area contributed by atoms with Gasteiger partial charge in [0.25, 0.3) is 11.4 Å². The number of nitrogens with two attached hydrogens (primary N) is 1. The van der Waals surface area contributed by atoms with Gasteiger partial charge in [-0.2, -0.15) is 0 Å². The summed E-state index contributed by atoms with van der Waals surface area (Å²) in [5.74, 6) is -0.684. The Kier molecular flexibility index (Phi) is 3.71. The number of aliphatic hydroxyl groups excluding tert-OH is 1. The lowest BCUT2D eigenvalue weighted by molar-refractivity contribution is -0.394. The van der Waals surface area contributed by atoms with Crippen molar-refractivity contribution in [3.63, 3.8) is 0 Å². The maximum Gasteiger partial charge on any atom is 0.279 e. The van der Waals surface area contributed by atoms with E-state index in [1.165, 1.54) is 13.0 Å². The second-order valence-electron chi connectivity index (χ2n) is 3.54. The van der Waals surface area contributed by atoms with Crippen LogP contribution in [0.15, 0.2) is 18.2 Å². The third kappa shape index (κ3) is 2.74. The Morgan fingerprint density at radius 3 is 2.29 bits per heavy atom. The number of non-ortho nitro benzene ring substituents is 1. The summed E-state index contributed by atoms with van der Waals surface area (Å²) in [5.41, 5.74) is 4.60. The summed E-state index contributed by atoms with van der Waals surface area (Å²) >= 11 is 0. The maximum absolute atomic E-state index is 10.8. The Balaban J connectivity index is 3.32. The van der Waals surface area contributed by atoms with Gasteiger partial charge in [0.2, 0.25) is 0 Å². The van der Waals surface area contributed by atoms with Gasteiger partial charge in [0.15, 0.2) is 0 Å². The molecule has 1 aromatic carbocycles. The van der Waals surface area contributed by atoms with Crippen LogP contribution < -0.4 is 5.73 Å². The fraction of sp³-hybridized carbons (Fsp3) is 0.333. The van der Waals surface area contributed by atoms with E-state index >= 15 is 0 Å². The van der Waals surface area contributed by atoms with Crippen LogP contribution in [0.25, 0.3) is 0 Å². The highest BCUT2D eigenvalue weighted by atomic mass is 16.6. The minimum atomic E-state index is -1.27. The molecule has 0 aromatic heterocycles. The fourth-order valence-electron chi connectivity index (χ4n) is 1.37. The molecule has 0 amide bonds. The Morgan fingerprint density at radius 1 is 1.29 bits per heavy atom. The van der Waals surface area contributed by atoms with Crippen molar-refractivity contribution in [2.45, 2.75) is 19.1 Å². The topological polar surface area (TPSA) is 133 Å². The first kappa shape index (κ1) is 13.0. The quantitative estimate of drug-likeness (QED) is 0.456. The second-order valence-corrected chi connectivity index (χ2v) is 3.54. The van der Waals surface area contributed by atoms with Crippen LogP contribution in [0.4, 0.5) is 11.4 Å². The van der Waals surface area contributed by atoms with E-state index in [1.54, 1.807) is 0 Å². The molecule has 3 N–H and O–H groups in total. The summed E-state index contributed by atoms with van der Waals surface area (Å²) in [6.07, 6.45) is -1.27. The molecule has 1 aromatic rings. The van der Waals surface area contributed by atoms with Gasteiger partial charge in [0.1, 0.15) is 6.23 Å². The molecule has 8 nitrogen and oxygen atoms in total. The molecule has 0 aliphatic carbocycles. The number of benzene rings is 1. The van der Waals surface area contributed by atoms with Crippen LogP contribution in [0.2, 0.25) is 0 Å². The molecule has 0 saturated carbocycles. The maximum atomic E-state index is 10.8. The normalized spacial score (nSPS) is 14.1. The van der Waals surface area contributed by atoms with Crippen molar-refractivity contribution in [3.05, 3.63) is 44.0 Å². The Bertz CT molecular complexity index is 460. The number of hydrogen-bond acceptors (Lipinski definition) is 6. The average molecular weight is 241 g/mol. The van der Waals surface area contributed by atoms with Crippen LogP contribution in [-0.4, -0.2) is 21.2 Å². The SMILES string of the molecule is CC(c1ccc([N+](=O)[O-])cc1[N+](=O)[O-])C(N)O. The van der Waals surface area contributed by atoms with E-state index in [2.05, 4.69) is 0 Å². The molecular weight excluding hydrogens is 230 g/mol.